The standard InChI is InChI=1S/C61H73BN2/c1-38-32-53-55-54(33-38)64(50-28-22-41(57(5,6)7)35-45(50)39-18-26-46-47(34-39)61(16,17)31-30-60(46,14)15)52-37-43(59(11,12)13)21-27-48(52)62(55)49-36-42(58(8,9)10)23-29-51(49)63(53)44-24-19-40(20-25-44)56(2,3)4/h18-29,32-37H,30-31H2,1-17H3. The van der Waals surface area contributed by atoms with Crippen molar-refractivity contribution in [3.05, 3.63) is 148 Å². The lowest BCUT2D eigenvalue weighted by atomic mass is 9.33. The van der Waals surface area contributed by atoms with Crippen molar-refractivity contribution in [3.63, 3.8) is 0 Å². The topological polar surface area (TPSA) is 6.48 Å². The van der Waals surface area contributed by atoms with E-state index in [4.69, 9.17) is 0 Å². The molecule has 2 heterocycles. The van der Waals surface area contributed by atoms with Crippen molar-refractivity contribution >= 4 is 57.2 Å². The summed E-state index contributed by atoms with van der Waals surface area (Å²) >= 11 is 0. The first-order chi connectivity index (χ1) is 29.6. The highest BCUT2D eigenvalue weighted by atomic mass is 15.2. The van der Waals surface area contributed by atoms with Crippen molar-refractivity contribution in [2.75, 3.05) is 9.80 Å². The zero-order valence-corrected chi connectivity index (χ0v) is 42.3. The molecule has 3 aliphatic rings. The quantitative estimate of drug-likeness (QED) is 0.164. The van der Waals surface area contributed by atoms with E-state index in [9.17, 15) is 0 Å². The fraction of sp³-hybridized carbons (Fsp3) is 0.410. The molecule has 6 aromatic rings. The molecule has 2 aliphatic heterocycles. The minimum atomic E-state index is -0.0333. The van der Waals surface area contributed by atoms with Gasteiger partial charge < -0.3 is 9.80 Å². The Kier molecular flexibility index (Phi) is 10.0. The van der Waals surface area contributed by atoms with Gasteiger partial charge in [-0.3, -0.25) is 0 Å². The van der Waals surface area contributed by atoms with Crippen LogP contribution in [0.3, 0.4) is 0 Å². The molecule has 0 unspecified atom stereocenters. The van der Waals surface area contributed by atoms with Gasteiger partial charge in [-0.25, -0.2) is 0 Å². The van der Waals surface area contributed by atoms with Crippen LogP contribution in [-0.4, -0.2) is 6.71 Å². The van der Waals surface area contributed by atoms with Crippen molar-refractivity contribution in [1.29, 1.82) is 0 Å². The van der Waals surface area contributed by atoms with E-state index in [2.05, 4.69) is 237 Å². The Balaban J connectivity index is 1.38. The molecule has 0 spiro atoms. The summed E-state index contributed by atoms with van der Waals surface area (Å²) in [5.41, 5.74) is 24.1. The van der Waals surface area contributed by atoms with E-state index in [-0.39, 0.29) is 39.2 Å². The second-order valence-corrected chi connectivity index (χ2v) is 25.2. The first kappa shape index (κ1) is 44.2. The third-order valence-corrected chi connectivity index (χ3v) is 15.2. The maximum Gasteiger partial charge on any atom is 0.252 e. The molecule has 0 radical (unpaired) electrons. The Bertz CT molecular complexity index is 2830. The van der Waals surface area contributed by atoms with Crippen molar-refractivity contribution in [3.8, 4) is 11.1 Å². The highest BCUT2D eigenvalue weighted by Crippen LogP contribution is 2.51. The van der Waals surface area contributed by atoms with E-state index in [0.29, 0.717) is 0 Å². The van der Waals surface area contributed by atoms with Gasteiger partial charge in [0.05, 0.1) is 5.69 Å². The monoisotopic (exact) mass is 845 g/mol. The highest BCUT2D eigenvalue weighted by molar-refractivity contribution is 7.00. The number of hydrogen-bond donors (Lipinski definition) is 0. The molecular formula is C61H73BN2. The molecule has 0 aromatic heterocycles. The van der Waals surface area contributed by atoms with Gasteiger partial charge >= 0.3 is 0 Å². The molecule has 6 aromatic carbocycles. The molecule has 0 saturated carbocycles. The lowest BCUT2D eigenvalue weighted by Crippen LogP contribution is -2.61. The van der Waals surface area contributed by atoms with Crippen LogP contribution in [0.25, 0.3) is 11.1 Å². The van der Waals surface area contributed by atoms with E-state index >= 15 is 0 Å². The minimum Gasteiger partial charge on any atom is -0.311 e. The number of aryl methyl sites for hydroxylation is 1. The molecule has 0 amide bonds. The zero-order valence-electron chi connectivity index (χ0n) is 42.3. The van der Waals surface area contributed by atoms with Gasteiger partial charge in [-0.15, -0.1) is 0 Å². The van der Waals surface area contributed by atoms with E-state index in [1.165, 1.54) is 113 Å². The summed E-state index contributed by atoms with van der Waals surface area (Å²) in [5, 5.41) is 0. The summed E-state index contributed by atoms with van der Waals surface area (Å²) in [6, 6.07) is 43.9. The smallest absolute Gasteiger partial charge is 0.252 e. The van der Waals surface area contributed by atoms with E-state index in [1.54, 1.807) is 0 Å². The van der Waals surface area contributed by atoms with E-state index in [1.807, 2.05) is 0 Å². The van der Waals surface area contributed by atoms with Gasteiger partial charge in [0.1, 0.15) is 0 Å². The average molecular weight is 845 g/mol. The Hall–Kier alpha value is -5.02. The normalized spacial score (nSPS) is 16.5. The van der Waals surface area contributed by atoms with Crippen LogP contribution in [0, 0.1) is 6.92 Å². The van der Waals surface area contributed by atoms with Gasteiger partial charge in [0.15, 0.2) is 0 Å². The summed E-state index contributed by atoms with van der Waals surface area (Å²) in [5.74, 6) is 0. The van der Waals surface area contributed by atoms with Crippen LogP contribution in [0.5, 0.6) is 0 Å². The van der Waals surface area contributed by atoms with Crippen molar-refractivity contribution < 1.29 is 0 Å². The second kappa shape index (κ2) is 14.5. The molecule has 9 rings (SSSR count). The lowest BCUT2D eigenvalue weighted by Gasteiger charge is -2.45. The molecule has 0 atom stereocenters. The van der Waals surface area contributed by atoms with Crippen LogP contribution >= 0.6 is 0 Å². The lowest BCUT2D eigenvalue weighted by molar-refractivity contribution is 0.332. The van der Waals surface area contributed by atoms with Gasteiger partial charge in [-0.1, -0.05) is 171 Å². The molecule has 3 heteroatoms. The fourth-order valence-corrected chi connectivity index (χ4v) is 10.9. The van der Waals surface area contributed by atoms with Gasteiger partial charge in [0, 0.05) is 34.0 Å². The number of anilines is 6. The van der Waals surface area contributed by atoms with Crippen LogP contribution < -0.4 is 26.2 Å². The Morgan fingerprint density at radius 3 is 1.52 bits per heavy atom. The first-order valence-electron chi connectivity index (χ1n) is 24.1. The molecule has 64 heavy (non-hydrogen) atoms. The van der Waals surface area contributed by atoms with Crippen LogP contribution in [0.4, 0.5) is 34.1 Å². The third kappa shape index (κ3) is 7.34. The van der Waals surface area contributed by atoms with Crippen molar-refractivity contribution in [2.24, 2.45) is 0 Å². The van der Waals surface area contributed by atoms with Gasteiger partial charge in [0.25, 0.3) is 6.71 Å². The summed E-state index contributed by atoms with van der Waals surface area (Å²) in [4.78, 5) is 5.24. The van der Waals surface area contributed by atoms with E-state index in [0.717, 1.165) is 0 Å². The SMILES string of the molecule is Cc1cc2c3c(c1)N(c1ccc(C(C)(C)C)cc1-c1ccc4c(c1)C(C)(C)CCC4(C)C)c1cc(C(C)(C)C)ccc1B3c1cc(C(C)(C)C)ccc1N2c1ccc(C(C)(C)C)cc1. The summed E-state index contributed by atoms with van der Waals surface area (Å²) < 4.78 is 0. The molecule has 2 nitrogen and oxygen atoms in total. The predicted octanol–water partition coefficient (Wildman–Crippen LogP) is 15.3. The Morgan fingerprint density at radius 1 is 0.422 bits per heavy atom. The van der Waals surface area contributed by atoms with Crippen LogP contribution in [-0.2, 0) is 32.5 Å². The largest absolute Gasteiger partial charge is 0.311 e. The molecule has 0 bridgehead atoms. The van der Waals surface area contributed by atoms with Crippen molar-refractivity contribution in [2.45, 2.75) is 163 Å². The fourth-order valence-electron chi connectivity index (χ4n) is 10.9. The molecular weight excluding hydrogens is 771 g/mol. The third-order valence-electron chi connectivity index (χ3n) is 15.2. The van der Waals surface area contributed by atoms with Crippen LogP contribution in [0.2, 0.25) is 0 Å². The molecule has 0 fully saturated rings. The number of fused-ring (bicyclic) bond motifs is 5. The summed E-state index contributed by atoms with van der Waals surface area (Å²) in [6.45, 7) is 40.2. The van der Waals surface area contributed by atoms with Gasteiger partial charge in [0.2, 0.25) is 0 Å². The Labute approximate surface area is 387 Å². The van der Waals surface area contributed by atoms with E-state index < -0.39 is 0 Å². The highest BCUT2D eigenvalue weighted by Gasteiger charge is 2.45. The number of hydrogen-bond acceptors (Lipinski definition) is 2. The number of nitrogens with zero attached hydrogens (tertiary/aromatic N) is 2. The average Bonchev–Trinajstić information content (AvgIpc) is 3.20. The molecule has 0 saturated heterocycles. The maximum atomic E-state index is 2.67. The maximum absolute atomic E-state index is 2.67. The van der Waals surface area contributed by atoms with Crippen LogP contribution in [0.15, 0.2) is 109 Å². The first-order valence-corrected chi connectivity index (χ1v) is 24.1. The second-order valence-electron chi connectivity index (χ2n) is 25.2. The summed E-state index contributed by atoms with van der Waals surface area (Å²) in [7, 11) is 0. The molecule has 0 N–H and O–H groups in total. The Morgan fingerprint density at radius 2 is 0.922 bits per heavy atom. The number of rotatable bonds is 3. The van der Waals surface area contributed by atoms with Gasteiger partial charge in [-0.2, -0.15) is 0 Å². The predicted molar refractivity (Wildman–Crippen MR) is 281 cm³/mol. The van der Waals surface area contributed by atoms with Crippen molar-refractivity contribution in [1.82, 2.24) is 0 Å². The molecule has 330 valence electrons. The zero-order chi connectivity index (χ0) is 46.3. The van der Waals surface area contributed by atoms with Crippen LogP contribution in [0.1, 0.15) is 163 Å². The van der Waals surface area contributed by atoms with Gasteiger partial charge in [-0.05, 0) is 162 Å². The number of benzene rings is 6. The minimum absolute atomic E-state index is 0.00736. The molecule has 1 aliphatic carbocycles. The summed E-state index contributed by atoms with van der Waals surface area (Å²) in [6.07, 6.45) is 2.39.